The van der Waals surface area contributed by atoms with Crippen molar-refractivity contribution in [2.75, 3.05) is 6.61 Å². The lowest BCUT2D eigenvalue weighted by molar-refractivity contribution is -0.137. The van der Waals surface area contributed by atoms with E-state index in [1.807, 2.05) is 0 Å². The molecule has 0 aliphatic heterocycles. The molecule has 0 radical (unpaired) electrons. The van der Waals surface area contributed by atoms with Gasteiger partial charge in [-0.1, -0.05) is 0 Å². The number of rotatable bonds is 3. The number of ether oxygens (including phenoxy) is 1. The van der Waals surface area contributed by atoms with Crippen molar-refractivity contribution in [3.63, 3.8) is 0 Å². The van der Waals surface area contributed by atoms with Crippen LogP contribution >= 0.6 is 0 Å². The number of hydrogen-bond donors (Lipinski definition) is 0. The summed E-state index contributed by atoms with van der Waals surface area (Å²) >= 11 is 0. The first-order valence-electron chi connectivity index (χ1n) is 5.50. The molecule has 2 aromatic rings. The Kier molecular flexibility index (Phi) is 3.14. The Morgan fingerprint density at radius 3 is 2.78 bits per heavy atom. The van der Waals surface area contributed by atoms with Crippen LogP contribution in [0.1, 0.15) is 17.3 Å². The maximum atomic E-state index is 13.2. The van der Waals surface area contributed by atoms with Crippen LogP contribution in [0.3, 0.4) is 0 Å². The molecule has 0 aliphatic rings. The average molecular weight is 249 g/mol. The van der Waals surface area contributed by atoms with E-state index in [0.717, 1.165) is 0 Å². The minimum absolute atomic E-state index is 0.129. The molecule has 5 heteroatoms. The fourth-order valence-corrected chi connectivity index (χ4v) is 1.85. The van der Waals surface area contributed by atoms with E-state index in [2.05, 4.69) is 4.74 Å². The minimum atomic E-state index is -0.922. The summed E-state index contributed by atoms with van der Waals surface area (Å²) in [4.78, 5) is 23.3. The molecule has 4 nitrogen and oxygen atoms in total. The summed E-state index contributed by atoms with van der Waals surface area (Å²) in [5, 5.41) is 0.413. The zero-order valence-electron chi connectivity index (χ0n) is 10.1. The fraction of sp³-hybridized carbons (Fsp3) is 0.231. The zero-order chi connectivity index (χ0) is 13.3. The van der Waals surface area contributed by atoms with Crippen molar-refractivity contribution in [1.29, 1.82) is 0 Å². The monoisotopic (exact) mass is 249 g/mol. The van der Waals surface area contributed by atoms with E-state index >= 15 is 0 Å². The summed E-state index contributed by atoms with van der Waals surface area (Å²) in [5.74, 6) is -2.13. The number of nitrogens with zero attached hydrogens (tertiary/aromatic N) is 1. The van der Waals surface area contributed by atoms with Gasteiger partial charge in [-0.15, -0.1) is 0 Å². The molecule has 0 N–H and O–H groups in total. The summed E-state index contributed by atoms with van der Waals surface area (Å²) in [6, 6.07) is 4.11. The average Bonchev–Trinajstić information content (AvgIpc) is 2.65. The van der Waals surface area contributed by atoms with Gasteiger partial charge >= 0.3 is 5.97 Å². The maximum absolute atomic E-state index is 13.2. The van der Waals surface area contributed by atoms with Crippen molar-refractivity contribution in [3.8, 4) is 0 Å². The van der Waals surface area contributed by atoms with Crippen LogP contribution in [0.2, 0.25) is 0 Å². The molecule has 0 amide bonds. The first kappa shape index (κ1) is 12.3. The number of carbonyl (C=O) groups excluding carboxylic acids is 2. The SMILES string of the molecule is CCOC(=O)C(=O)c1cn(C)c2ccc(F)cc12. The quantitative estimate of drug-likeness (QED) is 0.475. The van der Waals surface area contributed by atoms with Crippen molar-refractivity contribution < 1.29 is 18.7 Å². The van der Waals surface area contributed by atoms with Crippen molar-refractivity contribution >= 4 is 22.7 Å². The predicted molar refractivity (Wildman–Crippen MR) is 63.8 cm³/mol. The molecule has 0 atom stereocenters. The number of aromatic nitrogens is 1. The van der Waals surface area contributed by atoms with Crippen LogP contribution in [-0.2, 0) is 16.6 Å². The molecule has 0 unspecified atom stereocenters. The van der Waals surface area contributed by atoms with E-state index in [1.165, 1.54) is 18.3 Å². The summed E-state index contributed by atoms with van der Waals surface area (Å²) in [5.41, 5.74) is 0.842. The number of fused-ring (bicyclic) bond motifs is 1. The van der Waals surface area contributed by atoms with Gasteiger partial charge in [0, 0.05) is 24.1 Å². The highest BCUT2D eigenvalue weighted by molar-refractivity contribution is 6.43. The van der Waals surface area contributed by atoms with E-state index in [0.29, 0.717) is 10.9 Å². The number of Topliss-reactive ketones (excluding diaryl/α,β-unsaturated/α-hetero) is 1. The normalized spacial score (nSPS) is 10.6. The topological polar surface area (TPSA) is 48.3 Å². The predicted octanol–water partition coefficient (Wildman–Crippen LogP) is 2.06. The third-order valence-corrected chi connectivity index (χ3v) is 2.66. The Morgan fingerprint density at radius 1 is 1.39 bits per heavy atom. The molecule has 0 saturated carbocycles. The van der Waals surface area contributed by atoms with Crippen LogP contribution in [0.15, 0.2) is 24.4 Å². The van der Waals surface area contributed by atoms with Crippen molar-refractivity contribution in [1.82, 2.24) is 4.57 Å². The van der Waals surface area contributed by atoms with Crippen LogP contribution in [0.4, 0.5) is 4.39 Å². The van der Waals surface area contributed by atoms with Crippen molar-refractivity contribution in [2.24, 2.45) is 7.05 Å². The summed E-state index contributed by atoms with van der Waals surface area (Å²) in [6.45, 7) is 1.75. The Hall–Kier alpha value is -2.17. The van der Waals surface area contributed by atoms with Gasteiger partial charge < -0.3 is 9.30 Å². The third kappa shape index (κ3) is 1.99. The summed E-state index contributed by atoms with van der Waals surface area (Å²) in [7, 11) is 1.72. The maximum Gasteiger partial charge on any atom is 0.379 e. The number of ketones is 1. The lowest BCUT2D eigenvalue weighted by atomic mass is 10.1. The molecule has 0 bridgehead atoms. The second-order valence-corrected chi connectivity index (χ2v) is 3.86. The van der Waals surface area contributed by atoms with E-state index in [1.54, 1.807) is 24.6 Å². The van der Waals surface area contributed by atoms with Crippen LogP contribution in [-0.4, -0.2) is 22.9 Å². The fourth-order valence-electron chi connectivity index (χ4n) is 1.85. The van der Waals surface area contributed by atoms with Crippen LogP contribution in [0.25, 0.3) is 10.9 Å². The number of esters is 1. The molecule has 94 valence electrons. The Bertz CT molecular complexity index is 630. The molecule has 2 rings (SSSR count). The van der Waals surface area contributed by atoms with E-state index < -0.39 is 17.6 Å². The number of hydrogen-bond acceptors (Lipinski definition) is 3. The first-order chi connectivity index (χ1) is 8.54. The third-order valence-electron chi connectivity index (χ3n) is 2.66. The van der Waals surface area contributed by atoms with Crippen LogP contribution < -0.4 is 0 Å². The Morgan fingerprint density at radius 2 is 2.11 bits per heavy atom. The highest BCUT2D eigenvalue weighted by Crippen LogP contribution is 2.22. The molecule has 1 aromatic heterocycles. The molecular formula is C13H12FNO3. The van der Waals surface area contributed by atoms with Gasteiger partial charge in [0.1, 0.15) is 5.82 Å². The number of halogens is 1. The molecule has 0 spiro atoms. The smallest absolute Gasteiger partial charge is 0.379 e. The van der Waals surface area contributed by atoms with Crippen LogP contribution in [0.5, 0.6) is 0 Å². The molecular weight excluding hydrogens is 237 g/mol. The van der Waals surface area contributed by atoms with Crippen molar-refractivity contribution in [2.45, 2.75) is 6.92 Å². The van der Waals surface area contributed by atoms with Gasteiger partial charge in [-0.2, -0.15) is 0 Å². The number of benzene rings is 1. The second-order valence-electron chi connectivity index (χ2n) is 3.86. The van der Waals surface area contributed by atoms with Gasteiger partial charge in [0.15, 0.2) is 0 Å². The van der Waals surface area contributed by atoms with E-state index in [-0.39, 0.29) is 12.2 Å². The molecule has 0 fully saturated rings. The standard InChI is InChI=1S/C13H12FNO3/c1-3-18-13(17)12(16)10-7-15(2)11-5-4-8(14)6-9(10)11/h4-7H,3H2,1-2H3. The van der Waals surface area contributed by atoms with E-state index in [4.69, 9.17) is 0 Å². The van der Waals surface area contributed by atoms with Gasteiger partial charge in [-0.3, -0.25) is 4.79 Å². The highest BCUT2D eigenvalue weighted by atomic mass is 19.1. The lowest BCUT2D eigenvalue weighted by Gasteiger charge is -1.99. The lowest BCUT2D eigenvalue weighted by Crippen LogP contribution is -2.17. The van der Waals surface area contributed by atoms with Crippen LogP contribution in [0, 0.1) is 5.82 Å². The van der Waals surface area contributed by atoms with Gasteiger partial charge in [0.05, 0.1) is 12.2 Å². The highest BCUT2D eigenvalue weighted by Gasteiger charge is 2.22. The number of carbonyl (C=O) groups is 2. The van der Waals surface area contributed by atoms with E-state index in [9.17, 15) is 14.0 Å². The largest absolute Gasteiger partial charge is 0.460 e. The number of aryl methyl sites for hydroxylation is 1. The van der Waals surface area contributed by atoms with Gasteiger partial charge in [0.25, 0.3) is 5.78 Å². The Labute approximate surface area is 103 Å². The molecule has 0 saturated heterocycles. The molecule has 18 heavy (non-hydrogen) atoms. The molecule has 0 aliphatic carbocycles. The van der Waals surface area contributed by atoms with Crippen molar-refractivity contribution in [3.05, 3.63) is 35.8 Å². The molecule has 1 aromatic carbocycles. The second kappa shape index (κ2) is 4.60. The summed E-state index contributed by atoms with van der Waals surface area (Å²) in [6.07, 6.45) is 1.50. The van der Waals surface area contributed by atoms with Gasteiger partial charge in [-0.25, -0.2) is 9.18 Å². The van der Waals surface area contributed by atoms with Gasteiger partial charge in [-0.05, 0) is 25.1 Å². The minimum Gasteiger partial charge on any atom is -0.460 e. The van der Waals surface area contributed by atoms with Gasteiger partial charge in [0.2, 0.25) is 0 Å². The Balaban J connectivity index is 2.54. The zero-order valence-corrected chi connectivity index (χ0v) is 10.1. The summed E-state index contributed by atoms with van der Waals surface area (Å²) < 4.78 is 19.5. The first-order valence-corrected chi connectivity index (χ1v) is 5.50. The molecule has 1 heterocycles.